The predicted octanol–water partition coefficient (Wildman–Crippen LogP) is 3.45. The largest absolute Gasteiger partial charge is 0.339 e. The van der Waals surface area contributed by atoms with E-state index in [9.17, 15) is 8.42 Å². The lowest BCUT2D eigenvalue weighted by Crippen LogP contribution is -2.24. The topological polar surface area (TPSA) is 64.4 Å². The highest BCUT2D eigenvalue weighted by atomic mass is 32.2. The van der Waals surface area contributed by atoms with E-state index in [4.69, 9.17) is 5.26 Å². The summed E-state index contributed by atoms with van der Waals surface area (Å²) in [4.78, 5) is 4.30. The zero-order valence-corrected chi connectivity index (χ0v) is 15.1. The number of nitriles is 1. The van der Waals surface area contributed by atoms with Crippen LogP contribution in [0.5, 0.6) is 0 Å². The van der Waals surface area contributed by atoms with Crippen LogP contribution >= 0.6 is 11.8 Å². The van der Waals surface area contributed by atoms with Gasteiger partial charge in [-0.3, -0.25) is 0 Å². The summed E-state index contributed by atoms with van der Waals surface area (Å²) in [6.07, 6.45) is 0.399. The van der Waals surface area contributed by atoms with Crippen LogP contribution in [0.15, 0.2) is 57.2 Å². The molecule has 124 valence electrons. The second kappa shape index (κ2) is 6.48. The van der Waals surface area contributed by atoms with E-state index in [0.717, 1.165) is 21.2 Å². The van der Waals surface area contributed by atoms with E-state index in [-0.39, 0.29) is 4.90 Å². The van der Waals surface area contributed by atoms with Gasteiger partial charge in [-0.15, -0.1) is 0 Å². The van der Waals surface area contributed by atoms with Gasteiger partial charge in [0.25, 0.3) is 0 Å². The van der Waals surface area contributed by atoms with Crippen LogP contribution in [0.4, 0.5) is 11.4 Å². The number of nitrogens with zero attached hydrogens (tertiary/aromatic N) is 3. The third kappa shape index (κ3) is 2.88. The Morgan fingerprint density at radius 2 is 1.83 bits per heavy atom. The molecule has 0 amide bonds. The molecule has 0 N–H and O–H groups in total. The molecule has 0 unspecified atom stereocenters. The molecule has 0 spiro atoms. The zero-order valence-electron chi connectivity index (χ0n) is 13.4. The Kier molecular flexibility index (Phi) is 4.54. The number of para-hydroxylation sites is 1. The number of hydrogen-bond acceptors (Lipinski definition) is 5. The molecule has 0 radical (unpaired) electrons. The number of anilines is 2. The van der Waals surface area contributed by atoms with Crippen molar-refractivity contribution in [2.75, 3.05) is 25.5 Å². The molecule has 3 rings (SSSR count). The Morgan fingerprint density at radius 3 is 2.54 bits per heavy atom. The summed E-state index contributed by atoms with van der Waals surface area (Å²) in [5.41, 5.74) is 1.99. The minimum Gasteiger partial charge on any atom is -0.339 e. The molecule has 0 fully saturated rings. The summed E-state index contributed by atoms with van der Waals surface area (Å²) in [6.45, 7) is 0.570. The van der Waals surface area contributed by atoms with Crippen molar-refractivity contribution < 1.29 is 8.42 Å². The Labute approximate surface area is 146 Å². The molecule has 7 heteroatoms. The molecule has 24 heavy (non-hydrogen) atoms. The minimum absolute atomic E-state index is 0.276. The van der Waals surface area contributed by atoms with E-state index in [1.165, 1.54) is 18.4 Å². The Bertz CT molecular complexity index is 918. The van der Waals surface area contributed by atoms with Gasteiger partial charge in [0.2, 0.25) is 10.0 Å². The van der Waals surface area contributed by atoms with Crippen LogP contribution in [0.3, 0.4) is 0 Å². The second-order valence-electron chi connectivity index (χ2n) is 5.55. The first kappa shape index (κ1) is 16.8. The van der Waals surface area contributed by atoms with Crippen molar-refractivity contribution in [1.82, 2.24) is 4.31 Å². The van der Waals surface area contributed by atoms with Crippen molar-refractivity contribution in [1.29, 1.82) is 5.26 Å². The summed E-state index contributed by atoms with van der Waals surface area (Å²) >= 11 is 1.55. The highest BCUT2D eigenvalue weighted by Gasteiger charge is 2.26. The van der Waals surface area contributed by atoms with Gasteiger partial charge in [-0.1, -0.05) is 23.9 Å². The van der Waals surface area contributed by atoms with E-state index in [0.29, 0.717) is 13.0 Å². The fourth-order valence-electron chi connectivity index (χ4n) is 2.59. The molecule has 0 saturated carbocycles. The summed E-state index contributed by atoms with van der Waals surface area (Å²) in [7, 11) is -0.425. The number of fused-ring (bicyclic) bond motifs is 2. The van der Waals surface area contributed by atoms with Gasteiger partial charge < -0.3 is 4.90 Å². The van der Waals surface area contributed by atoms with Gasteiger partial charge in [-0.2, -0.15) is 5.26 Å². The highest BCUT2D eigenvalue weighted by molar-refractivity contribution is 7.99. The molecule has 0 aliphatic carbocycles. The first-order valence-electron chi connectivity index (χ1n) is 7.43. The van der Waals surface area contributed by atoms with Crippen LogP contribution in [0.1, 0.15) is 6.42 Å². The molecular formula is C17H17N3O2S2. The standard InChI is InChI=1S/C17H17N3O2S2/c1-19(2)24(21,22)13-8-9-15-17(12-13)23-16-7-4-3-6-14(16)20(15)11-5-10-18/h3-4,6-9,12H,5,11H2,1-2H3. The van der Waals surface area contributed by atoms with Crippen molar-refractivity contribution in [2.45, 2.75) is 21.1 Å². The van der Waals surface area contributed by atoms with Crippen LogP contribution in [0.2, 0.25) is 0 Å². The molecule has 2 aromatic rings. The maximum atomic E-state index is 12.4. The van der Waals surface area contributed by atoms with Crippen molar-refractivity contribution in [3.05, 3.63) is 42.5 Å². The maximum Gasteiger partial charge on any atom is 0.242 e. The van der Waals surface area contributed by atoms with Crippen molar-refractivity contribution in [2.24, 2.45) is 0 Å². The lowest BCUT2D eigenvalue weighted by atomic mass is 10.2. The average molecular weight is 359 g/mol. The van der Waals surface area contributed by atoms with E-state index in [1.807, 2.05) is 30.3 Å². The predicted molar refractivity (Wildman–Crippen MR) is 95.1 cm³/mol. The monoisotopic (exact) mass is 359 g/mol. The van der Waals surface area contributed by atoms with Gasteiger partial charge >= 0.3 is 0 Å². The zero-order chi connectivity index (χ0) is 17.3. The Morgan fingerprint density at radius 1 is 1.12 bits per heavy atom. The van der Waals surface area contributed by atoms with Gasteiger partial charge in [0.15, 0.2) is 0 Å². The fourth-order valence-corrected chi connectivity index (χ4v) is 4.73. The molecule has 1 heterocycles. The molecule has 1 aliphatic heterocycles. The smallest absolute Gasteiger partial charge is 0.242 e. The molecular weight excluding hydrogens is 342 g/mol. The SMILES string of the molecule is CN(C)S(=O)(=O)c1ccc2c(c1)Sc1ccccc1N2CCC#N. The normalized spacial score (nSPS) is 13.3. The molecule has 0 saturated heterocycles. The van der Waals surface area contributed by atoms with E-state index >= 15 is 0 Å². The van der Waals surface area contributed by atoms with Crippen LogP contribution in [-0.4, -0.2) is 33.4 Å². The molecule has 0 atom stereocenters. The van der Waals surface area contributed by atoms with E-state index in [2.05, 4.69) is 11.0 Å². The third-order valence-corrected chi connectivity index (χ3v) is 6.75. The number of rotatable bonds is 4. The molecule has 2 aromatic carbocycles. The van der Waals surface area contributed by atoms with Gasteiger partial charge in [0.05, 0.1) is 28.8 Å². The number of sulfonamides is 1. The first-order valence-corrected chi connectivity index (χ1v) is 9.69. The number of hydrogen-bond donors (Lipinski definition) is 0. The summed E-state index contributed by atoms with van der Waals surface area (Å²) in [5.74, 6) is 0. The second-order valence-corrected chi connectivity index (χ2v) is 8.78. The van der Waals surface area contributed by atoms with Crippen molar-refractivity contribution in [3.63, 3.8) is 0 Å². The van der Waals surface area contributed by atoms with E-state index < -0.39 is 10.0 Å². The van der Waals surface area contributed by atoms with Gasteiger partial charge in [0, 0.05) is 30.4 Å². The summed E-state index contributed by atoms with van der Waals surface area (Å²) < 4.78 is 26.0. The Balaban J connectivity index is 2.10. The molecule has 0 aromatic heterocycles. The van der Waals surface area contributed by atoms with Gasteiger partial charge in [0.1, 0.15) is 0 Å². The van der Waals surface area contributed by atoms with Gasteiger partial charge in [-0.05, 0) is 30.3 Å². The number of benzene rings is 2. The van der Waals surface area contributed by atoms with Gasteiger partial charge in [-0.25, -0.2) is 12.7 Å². The van der Waals surface area contributed by atoms with Crippen LogP contribution < -0.4 is 4.90 Å². The van der Waals surface area contributed by atoms with Crippen molar-refractivity contribution in [3.8, 4) is 6.07 Å². The molecule has 5 nitrogen and oxygen atoms in total. The first-order chi connectivity index (χ1) is 11.4. The minimum atomic E-state index is -3.47. The van der Waals surface area contributed by atoms with Crippen LogP contribution in [0.25, 0.3) is 0 Å². The summed E-state index contributed by atoms with van der Waals surface area (Å²) in [6, 6.07) is 15.3. The van der Waals surface area contributed by atoms with Crippen LogP contribution in [-0.2, 0) is 10.0 Å². The van der Waals surface area contributed by atoms with E-state index in [1.54, 1.807) is 23.9 Å². The Hall–Kier alpha value is -2.01. The third-order valence-electron chi connectivity index (χ3n) is 3.82. The lowest BCUT2D eigenvalue weighted by molar-refractivity contribution is 0.520. The average Bonchev–Trinajstić information content (AvgIpc) is 2.57. The fraction of sp³-hybridized carbons (Fsp3) is 0.235. The summed E-state index contributed by atoms with van der Waals surface area (Å²) in [5, 5.41) is 8.94. The van der Waals surface area contributed by atoms with Crippen LogP contribution in [0, 0.1) is 11.3 Å². The molecule has 0 bridgehead atoms. The molecule has 1 aliphatic rings. The lowest BCUT2D eigenvalue weighted by Gasteiger charge is -2.32. The van der Waals surface area contributed by atoms with Crippen molar-refractivity contribution >= 4 is 33.2 Å². The quantitative estimate of drug-likeness (QED) is 0.836. The highest BCUT2D eigenvalue weighted by Crippen LogP contribution is 2.48. The maximum absolute atomic E-state index is 12.4.